The van der Waals surface area contributed by atoms with Crippen LogP contribution in [-0.4, -0.2) is 15.6 Å². The zero-order chi connectivity index (χ0) is 17.1. The molecule has 0 spiro atoms. The third kappa shape index (κ3) is 3.36. The Morgan fingerprint density at radius 2 is 1.92 bits per heavy atom. The predicted molar refractivity (Wildman–Crippen MR) is 86.2 cm³/mol. The highest BCUT2D eigenvalue weighted by molar-refractivity contribution is 6.33. The van der Waals surface area contributed by atoms with Gasteiger partial charge in [0.2, 0.25) is 5.91 Å². The topological polar surface area (TPSA) is 77.1 Å². The van der Waals surface area contributed by atoms with Crippen LogP contribution in [0.3, 0.4) is 0 Å². The molecule has 0 unspecified atom stereocenters. The van der Waals surface area contributed by atoms with Gasteiger partial charge in [0.25, 0.3) is 0 Å². The fourth-order valence-electron chi connectivity index (χ4n) is 2.11. The van der Waals surface area contributed by atoms with Gasteiger partial charge in [-0.3, -0.25) is 9.32 Å². The lowest BCUT2D eigenvalue weighted by Crippen LogP contribution is -2.25. The smallest absolute Gasteiger partial charge is 0.323 e. The van der Waals surface area contributed by atoms with Crippen LogP contribution < -0.4 is 11.1 Å². The maximum absolute atomic E-state index is 13.0. The molecule has 6 nitrogen and oxygen atoms in total. The lowest BCUT2D eigenvalue weighted by Gasteiger charge is -2.08. The number of carbonyl (C=O) groups is 1. The van der Waals surface area contributed by atoms with E-state index in [1.54, 1.807) is 24.3 Å². The minimum absolute atomic E-state index is 0.134. The first kappa shape index (κ1) is 15.9. The van der Waals surface area contributed by atoms with Crippen LogP contribution in [0.4, 0.5) is 10.1 Å². The Balaban J connectivity index is 1.84. The standard InChI is InChI=1S/C16H11ClFN3O3/c17-12-3-1-2-4-13(12)19-14(22)9-21-15(20-24-16(21)23)10-5-7-11(18)8-6-10/h1-8H,9H2,(H,19,22). The van der Waals surface area contributed by atoms with Crippen molar-refractivity contribution in [1.29, 1.82) is 0 Å². The highest BCUT2D eigenvalue weighted by Crippen LogP contribution is 2.21. The normalized spacial score (nSPS) is 10.6. The van der Waals surface area contributed by atoms with Crippen molar-refractivity contribution in [3.8, 4) is 11.4 Å². The van der Waals surface area contributed by atoms with Gasteiger partial charge in [-0.25, -0.2) is 13.8 Å². The Hall–Kier alpha value is -2.93. The van der Waals surface area contributed by atoms with E-state index in [0.717, 1.165) is 4.57 Å². The van der Waals surface area contributed by atoms with Crippen molar-refractivity contribution in [2.45, 2.75) is 6.54 Å². The Bertz CT molecular complexity index is 934. The van der Waals surface area contributed by atoms with Gasteiger partial charge >= 0.3 is 5.76 Å². The summed E-state index contributed by atoms with van der Waals surface area (Å²) in [6.45, 7) is -0.319. The first-order chi connectivity index (χ1) is 11.5. The molecular formula is C16H11ClFN3O3. The van der Waals surface area contributed by atoms with Crippen LogP contribution in [0.1, 0.15) is 0 Å². The van der Waals surface area contributed by atoms with E-state index in [2.05, 4.69) is 15.0 Å². The summed E-state index contributed by atoms with van der Waals surface area (Å²) >= 11 is 5.97. The molecule has 0 aliphatic carbocycles. The monoisotopic (exact) mass is 347 g/mol. The Morgan fingerprint density at radius 1 is 1.21 bits per heavy atom. The minimum Gasteiger partial charge on any atom is -0.323 e. The second kappa shape index (κ2) is 6.67. The van der Waals surface area contributed by atoms with E-state index < -0.39 is 17.5 Å². The molecule has 0 saturated carbocycles. The molecule has 122 valence electrons. The lowest BCUT2D eigenvalue weighted by molar-refractivity contribution is -0.116. The van der Waals surface area contributed by atoms with Gasteiger partial charge in [0.15, 0.2) is 5.82 Å². The number of amides is 1. The number of nitrogens with one attached hydrogen (secondary N) is 1. The van der Waals surface area contributed by atoms with Crippen LogP contribution >= 0.6 is 11.6 Å². The highest BCUT2D eigenvalue weighted by atomic mass is 35.5. The molecule has 0 bridgehead atoms. The Labute approximate surface area is 140 Å². The zero-order valence-electron chi connectivity index (χ0n) is 12.2. The predicted octanol–water partition coefficient (Wildman–Crippen LogP) is 2.93. The third-order valence-corrected chi connectivity index (χ3v) is 3.57. The maximum atomic E-state index is 13.0. The Kier molecular flexibility index (Phi) is 4.43. The number of aromatic nitrogens is 2. The van der Waals surface area contributed by atoms with Gasteiger partial charge in [0, 0.05) is 5.56 Å². The summed E-state index contributed by atoms with van der Waals surface area (Å²) in [4.78, 5) is 24.0. The van der Waals surface area contributed by atoms with Crippen LogP contribution in [0, 0.1) is 5.82 Å². The van der Waals surface area contributed by atoms with Crippen LogP contribution in [0.2, 0.25) is 5.02 Å². The van der Waals surface area contributed by atoms with E-state index in [1.807, 2.05) is 0 Å². The molecule has 1 N–H and O–H groups in total. The summed E-state index contributed by atoms with van der Waals surface area (Å²) in [6.07, 6.45) is 0. The fourth-order valence-corrected chi connectivity index (χ4v) is 2.29. The summed E-state index contributed by atoms with van der Waals surface area (Å²) < 4.78 is 18.7. The van der Waals surface area contributed by atoms with E-state index in [9.17, 15) is 14.0 Å². The molecular weight excluding hydrogens is 337 g/mol. The first-order valence-electron chi connectivity index (χ1n) is 6.91. The lowest BCUT2D eigenvalue weighted by atomic mass is 10.2. The van der Waals surface area contributed by atoms with Gasteiger partial charge in [-0.1, -0.05) is 28.9 Å². The van der Waals surface area contributed by atoms with E-state index >= 15 is 0 Å². The average molecular weight is 348 g/mol. The summed E-state index contributed by atoms with van der Waals surface area (Å²) in [5.41, 5.74) is 0.879. The molecule has 0 aliphatic heterocycles. The fraction of sp³-hybridized carbons (Fsp3) is 0.0625. The summed E-state index contributed by atoms with van der Waals surface area (Å²) in [5.74, 6) is -1.55. The van der Waals surface area contributed by atoms with Gasteiger partial charge in [0.1, 0.15) is 12.4 Å². The number of anilines is 1. The number of halogens is 2. The van der Waals surface area contributed by atoms with Crippen molar-refractivity contribution < 1.29 is 13.7 Å². The number of nitrogens with zero attached hydrogens (tertiary/aromatic N) is 2. The van der Waals surface area contributed by atoms with Gasteiger partial charge < -0.3 is 5.32 Å². The molecule has 1 heterocycles. The maximum Gasteiger partial charge on any atom is 0.442 e. The molecule has 0 atom stereocenters. The second-order valence-electron chi connectivity index (χ2n) is 4.89. The number of rotatable bonds is 4. The van der Waals surface area contributed by atoms with Crippen LogP contribution in [-0.2, 0) is 11.3 Å². The van der Waals surface area contributed by atoms with Crippen molar-refractivity contribution in [3.05, 3.63) is 69.9 Å². The Morgan fingerprint density at radius 3 is 2.62 bits per heavy atom. The molecule has 0 aliphatic rings. The van der Waals surface area contributed by atoms with Crippen molar-refractivity contribution in [1.82, 2.24) is 9.72 Å². The van der Waals surface area contributed by atoms with Crippen molar-refractivity contribution >= 4 is 23.2 Å². The SMILES string of the molecule is O=C(Cn1c(-c2ccc(F)cc2)noc1=O)Nc1ccccc1Cl. The first-order valence-corrected chi connectivity index (χ1v) is 7.29. The van der Waals surface area contributed by atoms with Crippen molar-refractivity contribution in [2.24, 2.45) is 0 Å². The zero-order valence-corrected chi connectivity index (χ0v) is 13.0. The van der Waals surface area contributed by atoms with Crippen molar-refractivity contribution in [2.75, 3.05) is 5.32 Å². The molecule has 24 heavy (non-hydrogen) atoms. The molecule has 0 fully saturated rings. The molecule has 3 aromatic rings. The molecule has 2 aromatic carbocycles. The van der Waals surface area contributed by atoms with Gasteiger partial charge in [-0.15, -0.1) is 0 Å². The average Bonchev–Trinajstić information content (AvgIpc) is 2.91. The van der Waals surface area contributed by atoms with Gasteiger partial charge in [0.05, 0.1) is 10.7 Å². The number of carbonyl (C=O) groups excluding carboxylic acids is 1. The van der Waals surface area contributed by atoms with Crippen LogP contribution in [0.5, 0.6) is 0 Å². The second-order valence-corrected chi connectivity index (χ2v) is 5.30. The highest BCUT2D eigenvalue weighted by Gasteiger charge is 2.16. The molecule has 1 amide bonds. The van der Waals surface area contributed by atoms with E-state index in [1.165, 1.54) is 24.3 Å². The summed E-state index contributed by atoms with van der Waals surface area (Å²) in [6, 6.07) is 12.0. The third-order valence-electron chi connectivity index (χ3n) is 3.24. The number of para-hydroxylation sites is 1. The van der Waals surface area contributed by atoms with Crippen LogP contribution in [0.15, 0.2) is 57.8 Å². The van der Waals surface area contributed by atoms with Gasteiger partial charge in [-0.2, -0.15) is 0 Å². The van der Waals surface area contributed by atoms with E-state index in [-0.39, 0.29) is 12.4 Å². The van der Waals surface area contributed by atoms with E-state index in [0.29, 0.717) is 16.3 Å². The quantitative estimate of drug-likeness (QED) is 0.787. The molecule has 1 aromatic heterocycles. The van der Waals surface area contributed by atoms with Gasteiger partial charge in [-0.05, 0) is 36.4 Å². The summed E-state index contributed by atoms with van der Waals surface area (Å²) in [5, 5.41) is 6.62. The molecule has 3 rings (SSSR count). The van der Waals surface area contributed by atoms with Crippen molar-refractivity contribution in [3.63, 3.8) is 0 Å². The number of benzene rings is 2. The molecule has 0 saturated heterocycles. The largest absolute Gasteiger partial charge is 0.442 e. The van der Waals surface area contributed by atoms with E-state index in [4.69, 9.17) is 11.6 Å². The number of hydrogen-bond acceptors (Lipinski definition) is 4. The van der Waals surface area contributed by atoms with Crippen LogP contribution in [0.25, 0.3) is 11.4 Å². The molecule has 8 heteroatoms. The summed E-state index contributed by atoms with van der Waals surface area (Å²) in [7, 11) is 0. The molecule has 0 radical (unpaired) electrons. The minimum atomic E-state index is -0.788. The number of hydrogen-bond donors (Lipinski definition) is 1.